The van der Waals surface area contributed by atoms with E-state index >= 15 is 0 Å². The van der Waals surface area contributed by atoms with Crippen molar-refractivity contribution < 1.29 is 25.2 Å². The third-order valence-corrected chi connectivity index (χ3v) is 14.9. The molecule has 0 bridgehead atoms. The Morgan fingerprint density at radius 2 is 1.08 bits per heavy atom. The molecule has 0 saturated carbocycles. The maximum absolute atomic E-state index is 6.08. The Morgan fingerprint density at radius 3 is 1.20 bits per heavy atom. The Labute approximate surface area is 178 Å². The molecule has 25 heavy (non-hydrogen) atoms. The molecule has 0 saturated heterocycles. The minimum atomic E-state index is -1.51. The molecule has 0 aromatic heterocycles. The Balaban J connectivity index is -0.000000377. The van der Waals surface area contributed by atoms with Gasteiger partial charge < -0.3 is 4.12 Å². The van der Waals surface area contributed by atoms with Gasteiger partial charge in [-0.1, -0.05) is 82.9 Å². The van der Waals surface area contributed by atoms with Gasteiger partial charge in [0.2, 0.25) is 0 Å². The van der Waals surface area contributed by atoms with Crippen LogP contribution in [-0.2, 0) is 25.2 Å². The Morgan fingerprint density at radius 1 is 0.800 bits per heavy atom. The summed E-state index contributed by atoms with van der Waals surface area (Å²) in [6, 6.07) is 1.19. The van der Waals surface area contributed by atoms with Crippen LogP contribution in [-0.4, -0.2) is 32.1 Å². The second-order valence-electron chi connectivity index (χ2n) is 10.9. The van der Waals surface area contributed by atoms with Crippen LogP contribution in [0.1, 0.15) is 69.2 Å². The minimum Gasteiger partial charge on any atom is -0.453 e. The van der Waals surface area contributed by atoms with Crippen LogP contribution in [0.4, 0.5) is 0 Å². The summed E-state index contributed by atoms with van der Waals surface area (Å²) in [7, 11) is -2.84. The van der Waals surface area contributed by atoms with Crippen molar-refractivity contribution in [2.75, 3.05) is 0 Å². The fourth-order valence-corrected chi connectivity index (χ4v) is 16.5. The smallest absolute Gasteiger partial charge is 0.197 e. The SMILES string of the molecule is C=C[Si](C)(C)O[Si](C)(C)CC.CC(C)(C)P(C(C)(C)C)C(C)(C)C.[Pt]. The van der Waals surface area contributed by atoms with Crippen LogP contribution in [0.15, 0.2) is 12.3 Å². The van der Waals surface area contributed by atoms with E-state index in [4.69, 9.17) is 4.12 Å². The molecule has 0 amide bonds. The normalized spacial score (nSPS) is 13.7. The van der Waals surface area contributed by atoms with Gasteiger partial charge in [0.25, 0.3) is 0 Å². The quantitative estimate of drug-likeness (QED) is 0.240. The molecule has 0 aromatic carbocycles. The molecule has 0 spiro atoms. The maximum Gasteiger partial charge on any atom is 0.197 e. The zero-order valence-corrected chi connectivity index (χ0v) is 24.8. The summed E-state index contributed by atoms with van der Waals surface area (Å²) in [5, 5.41) is 1.35. The monoisotopic (exact) mass is 585 g/mol. The minimum absolute atomic E-state index is 0. The molecule has 0 heterocycles. The summed E-state index contributed by atoms with van der Waals surface area (Å²) in [6.45, 7) is 36.4. The zero-order chi connectivity index (χ0) is 20.2. The van der Waals surface area contributed by atoms with Crippen LogP contribution in [0.2, 0.25) is 32.2 Å². The molecule has 0 aliphatic rings. The number of rotatable bonds is 4. The molecule has 0 N–H and O–H groups in total. The molecule has 0 rings (SSSR count). The molecule has 0 atom stereocenters. The molecule has 0 aliphatic heterocycles. The average Bonchev–Trinajstić information content (AvgIpc) is 2.21. The van der Waals surface area contributed by atoms with Crippen LogP contribution in [0.3, 0.4) is 0 Å². The van der Waals surface area contributed by atoms with Crippen molar-refractivity contribution in [3.63, 3.8) is 0 Å². The van der Waals surface area contributed by atoms with Crippen LogP contribution in [0.5, 0.6) is 0 Å². The van der Waals surface area contributed by atoms with Gasteiger partial charge in [0.15, 0.2) is 16.6 Å². The summed E-state index contributed by atoms with van der Waals surface area (Å²) in [5.74, 6) is 0. The van der Waals surface area contributed by atoms with E-state index in [1.165, 1.54) is 6.04 Å². The van der Waals surface area contributed by atoms with Crippen molar-refractivity contribution in [2.24, 2.45) is 0 Å². The van der Waals surface area contributed by atoms with Crippen molar-refractivity contribution >= 4 is 24.6 Å². The molecule has 5 heteroatoms. The van der Waals surface area contributed by atoms with E-state index in [-0.39, 0.29) is 29.0 Å². The first-order chi connectivity index (χ1) is 10.2. The van der Waals surface area contributed by atoms with E-state index in [1.54, 1.807) is 0 Å². The number of hydrogen-bond acceptors (Lipinski definition) is 1. The molecule has 0 radical (unpaired) electrons. The van der Waals surface area contributed by atoms with Crippen LogP contribution < -0.4 is 0 Å². The summed E-state index contributed by atoms with van der Waals surface area (Å²) in [4.78, 5) is 0. The van der Waals surface area contributed by atoms with Gasteiger partial charge in [-0.15, -0.1) is 6.58 Å². The second-order valence-corrected chi connectivity index (χ2v) is 24.2. The third kappa shape index (κ3) is 14.0. The van der Waals surface area contributed by atoms with E-state index in [0.29, 0.717) is 15.5 Å². The molecular weight excluding hydrogens is 538 g/mol. The molecule has 0 aliphatic carbocycles. The van der Waals surface area contributed by atoms with Gasteiger partial charge in [0.05, 0.1) is 0 Å². The fraction of sp³-hybridized carbons (Fsp3) is 0.900. The van der Waals surface area contributed by atoms with Gasteiger partial charge in [-0.05, 0) is 47.7 Å². The molecule has 0 unspecified atom stereocenters. The third-order valence-electron chi connectivity index (χ3n) is 3.89. The van der Waals surface area contributed by atoms with Crippen molar-refractivity contribution in [1.82, 2.24) is 0 Å². The van der Waals surface area contributed by atoms with Crippen LogP contribution in [0, 0.1) is 0 Å². The van der Waals surface area contributed by atoms with Crippen molar-refractivity contribution in [1.29, 1.82) is 0 Å². The standard InChI is InChI=1S/C12H27P.C8H20OSi2.Pt/c1-10(2,3)13(11(4,5)6)12(7,8)9;1-7-10(3,4)9-11(5,6)8-2;/h1-9H3;7H,1,8H2,2-6H3;. The molecular formula is C20H47OPPtSi2. The van der Waals surface area contributed by atoms with Gasteiger partial charge in [0, 0.05) is 21.1 Å². The van der Waals surface area contributed by atoms with Gasteiger partial charge >= 0.3 is 0 Å². The van der Waals surface area contributed by atoms with Crippen molar-refractivity contribution in [3.05, 3.63) is 12.3 Å². The average molecular weight is 586 g/mol. The topological polar surface area (TPSA) is 9.23 Å². The Hall–Kier alpha value is 1.25. The van der Waals surface area contributed by atoms with Crippen molar-refractivity contribution in [3.8, 4) is 0 Å². The number of hydrogen-bond donors (Lipinski definition) is 0. The summed E-state index contributed by atoms with van der Waals surface area (Å²) in [5.41, 5.74) is 2.01. The van der Waals surface area contributed by atoms with E-state index < -0.39 is 16.6 Å². The first-order valence-electron chi connectivity index (χ1n) is 9.34. The second kappa shape index (κ2) is 10.7. The Bertz CT molecular complexity index is 355. The first-order valence-corrected chi connectivity index (χ1v) is 16.8. The summed E-state index contributed by atoms with van der Waals surface area (Å²) < 4.78 is 6.08. The zero-order valence-electron chi connectivity index (χ0n) is 19.7. The summed E-state index contributed by atoms with van der Waals surface area (Å²) >= 11 is 0. The van der Waals surface area contributed by atoms with Gasteiger partial charge in [-0.3, -0.25) is 0 Å². The fourth-order valence-electron chi connectivity index (χ4n) is 3.84. The van der Waals surface area contributed by atoms with E-state index in [2.05, 4.69) is 102 Å². The van der Waals surface area contributed by atoms with Crippen LogP contribution in [0.25, 0.3) is 0 Å². The summed E-state index contributed by atoms with van der Waals surface area (Å²) in [6.07, 6.45) is 0. The van der Waals surface area contributed by atoms with E-state index in [9.17, 15) is 0 Å². The molecule has 0 fully saturated rings. The van der Waals surface area contributed by atoms with E-state index in [1.807, 2.05) is 5.70 Å². The van der Waals surface area contributed by atoms with Gasteiger partial charge in [0.1, 0.15) is 0 Å². The van der Waals surface area contributed by atoms with E-state index in [0.717, 1.165) is 0 Å². The predicted molar refractivity (Wildman–Crippen MR) is 123 cm³/mol. The molecule has 1 nitrogen and oxygen atoms in total. The molecule has 0 aromatic rings. The largest absolute Gasteiger partial charge is 0.453 e. The van der Waals surface area contributed by atoms with Gasteiger partial charge in [-0.2, -0.15) is 0 Å². The van der Waals surface area contributed by atoms with Crippen LogP contribution >= 0.6 is 7.92 Å². The first kappa shape index (κ1) is 31.0. The predicted octanol–water partition coefficient (Wildman–Crippen LogP) is 8.02. The van der Waals surface area contributed by atoms with Crippen molar-refractivity contribution in [2.45, 2.75) is 117 Å². The van der Waals surface area contributed by atoms with Gasteiger partial charge in [-0.25, -0.2) is 0 Å². The Kier molecular flexibility index (Phi) is 13.3. The maximum atomic E-state index is 6.08. The molecule has 156 valence electrons.